The third-order valence-corrected chi connectivity index (χ3v) is 5.21. The summed E-state index contributed by atoms with van der Waals surface area (Å²) < 4.78 is 0. The van der Waals surface area contributed by atoms with E-state index in [4.69, 9.17) is 0 Å². The summed E-state index contributed by atoms with van der Waals surface area (Å²) in [6.07, 6.45) is 1.21. The lowest BCUT2D eigenvalue weighted by molar-refractivity contribution is -0.142. The molecule has 2 unspecified atom stereocenters. The van der Waals surface area contributed by atoms with E-state index in [-0.39, 0.29) is 12.3 Å². The largest absolute Gasteiger partial charge is 0.480 e. The number of carbonyl (C=O) groups is 2. The second-order valence-corrected chi connectivity index (χ2v) is 8.33. The van der Waals surface area contributed by atoms with Gasteiger partial charge in [-0.3, -0.25) is 14.9 Å². The standard InChI is InChI=1S/C20H26N2O4S/c1-12(2)9-16(19(23)24)22-17(20(25)26)11-15-18(27-13(3)21-15)10-14-7-5-4-6-8-14/h4-8,12,16-17,22H,9-11H2,1-3H3,(H,23,24)(H,25,26). The number of aromatic nitrogens is 1. The highest BCUT2D eigenvalue weighted by atomic mass is 32.1. The van der Waals surface area contributed by atoms with Gasteiger partial charge in [0.05, 0.1) is 10.7 Å². The Morgan fingerprint density at radius 1 is 1.11 bits per heavy atom. The van der Waals surface area contributed by atoms with Crippen LogP contribution in [0.15, 0.2) is 30.3 Å². The Morgan fingerprint density at radius 3 is 2.30 bits per heavy atom. The van der Waals surface area contributed by atoms with Crippen LogP contribution in [0.5, 0.6) is 0 Å². The lowest BCUT2D eigenvalue weighted by Crippen LogP contribution is -2.48. The minimum Gasteiger partial charge on any atom is -0.480 e. The Balaban J connectivity index is 2.18. The topological polar surface area (TPSA) is 99.5 Å². The summed E-state index contributed by atoms with van der Waals surface area (Å²) in [7, 11) is 0. The van der Waals surface area contributed by atoms with Crippen LogP contribution in [0.25, 0.3) is 0 Å². The zero-order chi connectivity index (χ0) is 20.0. The number of benzene rings is 1. The molecule has 0 aliphatic rings. The number of carboxylic acids is 2. The fourth-order valence-corrected chi connectivity index (χ4v) is 3.95. The molecule has 1 aromatic heterocycles. The highest BCUT2D eigenvalue weighted by Gasteiger charge is 2.28. The number of hydrogen-bond donors (Lipinski definition) is 3. The van der Waals surface area contributed by atoms with Gasteiger partial charge in [0.1, 0.15) is 12.1 Å². The highest BCUT2D eigenvalue weighted by molar-refractivity contribution is 7.11. The fraction of sp³-hybridized carbons (Fsp3) is 0.450. The van der Waals surface area contributed by atoms with Crippen LogP contribution in [0.1, 0.15) is 41.4 Å². The van der Waals surface area contributed by atoms with E-state index in [1.54, 1.807) is 11.3 Å². The Morgan fingerprint density at radius 2 is 1.74 bits per heavy atom. The maximum atomic E-state index is 11.7. The predicted molar refractivity (Wildman–Crippen MR) is 105 cm³/mol. The van der Waals surface area contributed by atoms with Crippen LogP contribution >= 0.6 is 11.3 Å². The molecule has 146 valence electrons. The third kappa shape index (κ3) is 6.45. The lowest BCUT2D eigenvalue weighted by Gasteiger charge is -2.21. The van der Waals surface area contributed by atoms with Gasteiger partial charge >= 0.3 is 11.9 Å². The molecule has 0 saturated heterocycles. The summed E-state index contributed by atoms with van der Waals surface area (Å²) in [6.45, 7) is 5.72. The van der Waals surface area contributed by atoms with Crippen molar-refractivity contribution in [1.82, 2.24) is 10.3 Å². The Hall–Kier alpha value is -2.25. The van der Waals surface area contributed by atoms with E-state index in [0.717, 1.165) is 21.1 Å². The minimum absolute atomic E-state index is 0.142. The molecule has 0 aliphatic heterocycles. The van der Waals surface area contributed by atoms with Gasteiger partial charge in [-0.05, 0) is 24.8 Å². The van der Waals surface area contributed by atoms with Crippen molar-refractivity contribution in [3.63, 3.8) is 0 Å². The first-order valence-electron chi connectivity index (χ1n) is 8.97. The zero-order valence-electron chi connectivity index (χ0n) is 15.8. The molecule has 0 aliphatic carbocycles. The quantitative estimate of drug-likeness (QED) is 0.576. The second kappa shape index (κ2) is 9.62. The molecule has 0 bridgehead atoms. The van der Waals surface area contributed by atoms with Crippen LogP contribution in [-0.2, 0) is 22.4 Å². The molecule has 2 aromatic rings. The fourth-order valence-electron chi connectivity index (χ4n) is 2.96. The van der Waals surface area contributed by atoms with Gasteiger partial charge in [0.2, 0.25) is 0 Å². The van der Waals surface area contributed by atoms with Crippen LogP contribution in [0.4, 0.5) is 0 Å². The van der Waals surface area contributed by atoms with Crippen molar-refractivity contribution in [2.45, 2.75) is 52.1 Å². The van der Waals surface area contributed by atoms with E-state index >= 15 is 0 Å². The number of nitrogens with zero attached hydrogens (tertiary/aromatic N) is 1. The van der Waals surface area contributed by atoms with Crippen molar-refractivity contribution in [2.75, 3.05) is 0 Å². The molecular weight excluding hydrogens is 364 g/mol. The first kappa shape index (κ1) is 21.1. The number of nitrogens with one attached hydrogen (secondary N) is 1. The summed E-state index contributed by atoms with van der Waals surface area (Å²) in [4.78, 5) is 28.8. The smallest absolute Gasteiger partial charge is 0.321 e. The normalized spacial score (nSPS) is 13.5. The average molecular weight is 391 g/mol. The Labute approximate surface area is 163 Å². The number of rotatable bonds is 10. The van der Waals surface area contributed by atoms with E-state index in [1.807, 2.05) is 51.1 Å². The van der Waals surface area contributed by atoms with Crippen LogP contribution in [0, 0.1) is 12.8 Å². The maximum Gasteiger partial charge on any atom is 0.321 e. The molecule has 0 amide bonds. The summed E-state index contributed by atoms with van der Waals surface area (Å²) in [6, 6.07) is 8.03. The van der Waals surface area contributed by atoms with E-state index in [1.165, 1.54) is 0 Å². The summed E-state index contributed by atoms with van der Waals surface area (Å²) in [5.41, 5.74) is 1.85. The second-order valence-electron chi connectivity index (χ2n) is 7.05. The van der Waals surface area contributed by atoms with Crippen molar-refractivity contribution in [1.29, 1.82) is 0 Å². The Bertz CT molecular complexity index is 774. The molecule has 7 heteroatoms. The molecule has 1 aromatic carbocycles. The zero-order valence-corrected chi connectivity index (χ0v) is 16.6. The number of aliphatic carboxylic acids is 2. The average Bonchev–Trinajstić information content (AvgIpc) is 2.92. The molecule has 1 heterocycles. The van der Waals surface area contributed by atoms with Gasteiger partial charge in [-0.1, -0.05) is 44.2 Å². The Kier molecular flexibility index (Phi) is 7.50. The van der Waals surface area contributed by atoms with Crippen LogP contribution in [0.2, 0.25) is 0 Å². The van der Waals surface area contributed by atoms with Crippen LogP contribution in [0.3, 0.4) is 0 Å². The van der Waals surface area contributed by atoms with E-state index in [2.05, 4.69) is 10.3 Å². The van der Waals surface area contributed by atoms with Crippen LogP contribution in [-0.4, -0.2) is 39.2 Å². The van der Waals surface area contributed by atoms with E-state index < -0.39 is 24.0 Å². The monoisotopic (exact) mass is 390 g/mol. The van der Waals surface area contributed by atoms with E-state index in [0.29, 0.717) is 12.8 Å². The lowest BCUT2D eigenvalue weighted by atomic mass is 10.0. The summed E-state index contributed by atoms with van der Waals surface area (Å²) >= 11 is 1.55. The molecule has 3 N–H and O–H groups in total. The molecule has 0 spiro atoms. The molecule has 0 saturated carbocycles. The van der Waals surface area contributed by atoms with Gasteiger partial charge in [-0.25, -0.2) is 4.98 Å². The van der Waals surface area contributed by atoms with Crippen molar-refractivity contribution in [3.8, 4) is 0 Å². The van der Waals surface area contributed by atoms with Gasteiger partial charge in [-0.15, -0.1) is 11.3 Å². The molecule has 0 fully saturated rings. The number of aryl methyl sites for hydroxylation is 1. The molecule has 2 rings (SSSR count). The van der Waals surface area contributed by atoms with Gasteiger partial charge in [0, 0.05) is 17.7 Å². The van der Waals surface area contributed by atoms with Crippen LogP contribution < -0.4 is 5.32 Å². The van der Waals surface area contributed by atoms with Crippen molar-refractivity contribution >= 4 is 23.3 Å². The van der Waals surface area contributed by atoms with Gasteiger partial charge in [-0.2, -0.15) is 0 Å². The number of thiazole rings is 1. The highest BCUT2D eigenvalue weighted by Crippen LogP contribution is 2.23. The van der Waals surface area contributed by atoms with Crippen molar-refractivity contribution < 1.29 is 19.8 Å². The molecule has 2 atom stereocenters. The third-order valence-electron chi connectivity index (χ3n) is 4.20. The summed E-state index contributed by atoms with van der Waals surface area (Å²) in [5.74, 6) is -1.96. The van der Waals surface area contributed by atoms with Gasteiger partial charge in [0.15, 0.2) is 0 Å². The molecular formula is C20H26N2O4S. The minimum atomic E-state index is -1.07. The van der Waals surface area contributed by atoms with E-state index in [9.17, 15) is 19.8 Å². The molecule has 0 radical (unpaired) electrons. The number of hydrogen-bond acceptors (Lipinski definition) is 5. The molecule has 6 nitrogen and oxygen atoms in total. The van der Waals surface area contributed by atoms with Gasteiger partial charge in [0.25, 0.3) is 0 Å². The number of carboxylic acid groups (broad SMARTS) is 2. The predicted octanol–water partition coefficient (Wildman–Crippen LogP) is 3.13. The molecule has 27 heavy (non-hydrogen) atoms. The SMILES string of the molecule is Cc1nc(CC(NC(CC(C)C)C(=O)O)C(=O)O)c(Cc2ccccc2)s1. The van der Waals surface area contributed by atoms with Gasteiger partial charge < -0.3 is 10.2 Å². The summed E-state index contributed by atoms with van der Waals surface area (Å²) in [5, 5.41) is 22.7. The first-order chi connectivity index (χ1) is 12.8. The van der Waals surface area contributed by atoms with Crippen molar-refractivity contribution in [2.24, 2.45) is 5.92 Å². The van der Waals surface area contributed by atoms with Crippen molar-refractivity contribution in [3.05, 3.63) is 51.5 Å². The first-order valence-corrected chi connectivity index (χ1v) is 9.78. The maximum absolute atomic E-state index is 11.7.